The molecule has 0 atom stereocenters. The number of rotatable bonds is 4. The lowest BCUT2D eigenvalue weighted by molar-refractivity contribution is -0.226. The zero-order valence-corrected chi connectivity index (χ0v) is 16.4. The maximum Gasteiger partial charge on any atom is 0.416 e. The fourth-order valence-corrected chi connectivity index (χ4v) is 3.08. The molecular weight excluding hydrogens is 411 g/mol. The monoisotopic (exact) mass is 429 g/mol. The molecule has 1 amide bonds. The minimum Gasteiger partial charge on any atom is -0.495 e. The highest BCUT2D eigenvalue weighted by Gasteiger charge is 2.40. The number of ether oxygens (including phenoxy) is 3. The molecule has 0 bridgehead atoms. The smallest absolute Gasteiger partial charge is 0.416 e. The minimum atomic E-state index is -4.46. The van der Waals surface area contributed by atoms with E-state index < -0.39 is 23.4 Å². The molecule has 5 nitrogen and oxygen atoms in total. The van der Waals surface area contributed by atoms with Crippen LogP contribution in [0.5, 0.6) is 5.75 Å². The second-order valence-corrected chi connectivity index (χ2v) is 7.35. The van der Waals surface area contributed by atoms with Crippen molar-refractivity contribution in [1.82, 2.24) is 0 Å². The third kappa shape index (κ3) is 4.83. The van der Waals surface area contributed by atoms with E-state index in [1.54, 1.807) is 25.1 Å². The fraction of sp³-hybridized carbons (Fsp3) is 0.350. The van der Waals surface area contributed by atoms with Gasteiger partial charge in [0.25, 0.3) is 0 Å². The van der Waals surface area contributed by atoms with Crippen LogP contribution in [0.1, 0.15) is 24.3 Å². The molecule has 0 radical (unpaired) electrons. The average molecular weight is 430 g/mol. The van der Waals surface area contributed by atoms with Crippen LogP contribution in [0, 0.1) is 5.41 Å². The number of anilines is 1. The van der Waals surface area contributed by atoms with Crippen LogP contribution < -0.4 is 10.1 Å². The van der Waals surface area contributed by atoms with Crippen LogP contribution in [0.3, 0.4) is 0 Å². The van der Waals surface area contributed by atoms with Gasteiger partial charge in [0.1, 0.15) is 5.75 Å². The van der Waals surface area contributed by atoms with Crippen LogP contribution in [-0.4, -0.2) is 26.2 Å². The van der Waals surface area contributed by atoms with Gasteiger partial charge < -0.3 is 19.5 Å². The molecule has 0 unspecified atom stereocenters. The van der Waals surface area contributed by atoms with E-state index in [9.17, 15) is 18.0 Å². The Morgan fingerprint density at radius 1 is 1.21 bits per heavy atom. The van der Waals surface area contributed by atoms with Crippen molar-refractivity contribution < 1.29 is 32.2 Å². The summed E-state index contributed by atoms with van der Waals surface area (Å²) in [5.41, 5.74) is -1.10. The van der Waals surface area contributed by atoms with Gasteiger partial charge in [0.2, 0.25) is 5.91 Å². The van der Waals surface area contributed by atoms with Crippen LogP contribution in [0.25, 0.3) is 0 Å². The Hall–Kier alpha value is -2.29. The number of amides is 1. The standard InChI is InChI=1S/C20H19ClF3NO4/c1-19(18(26)25-14-6-7-16(27-2)15(21)9-14)10-28-17(29-11-19)12-4-3-5-13(8-12)20(22,23)24/h3-9,17H,10-11H2,1-2H3,(H,25,26). The van der Waals surface area contributed by atoms with Gasteiger partial charge in [-0.25, -0.2) is 0 Å². The van der Waals surface area contributed by atoms with E-state index in [1.807, 2.05) is 0 Å². The number of methoxy groups -OCH3 is 1. The molecule has 0 aromatic heterocycles. The van der Waals surface area contributed by atoms with Crippen molar-refractivity contribution in [3.8, 4) is 5.75 Å². The summed E-state index contributed by atoms with van der Waals surface area (Å²) in [7, 11) is 1.48. The number of halogens is 4. The van der Waals surface area contributed by atoms with Gasteiger partial charge in [0.15, 0.2) is 6.29 Å². The zero-order chi connectivity index (χ0) is 21.2. The first kappa shape index (κ1) is 21.4. The first-order chi connectivity index (χ1) is 13.6. The predicted octanol–water partition coefficient (Wildman–Crippen LogP) is 5.06. The molecule has 0 spiro atoms. The van der Waals surface area contributed by atoms with Crippen molar-refractivity contribution in [1.29, 1.82) is 0 Å². The molecule has 0 saturated carbocycles. The Kier molecular flexibility index (Phi) is 6.07. The number of alkyl halides is 3. The van der Waals surface area contributed by atoms with Gasteiger partial charge in [0, 0.05) is 11.3 Å². The molecule has 29 heavy (non-hydrogen) atoms. The van der Waals surface area contributed by atoms with Crippen LogP contribution in [0.4, 0.5) is 18.9 Å². The molecule has 3 rings (SSSR count). The molecular formula is C20H19ClF3NO4. The maximum absolute atomic E-state index is 12.9. The highest BCUT2D eigenvalue weighted by Crippen LogP contribution is 2.36. The maximum atomic E-state index is 12.9. The summed E-state index contributed by atoms with van der Waals surface area (Å²) in [6.07, 6.45) is -5.44. The van der Waals surface area contributed by atoms with Crippen molar-refractivity contribution in [2.45, 2.75) is 19.4 Å². The lowest BCUT2D eigenvalue weighted by Crippen LogP contribution is -2.45. The lowest BCUT2D eigenvalue weighted by Gasteiger charge is -2.36. The average Bonchev–Trinajstić information content (AvgIpc) is 2.68. The summed E-state index contributed by atoms with van der Waals surface area (Å²) in [4.78, 5) is 12.7. The largest absolute Gasteiger partial charge is 0.495 e. The van der Waals surface area contributed by atoms with Crippen LogP contribution >= 0.6 is 11.6 Å². The lowest BCUT2D eigenvalue weighted by atomic mass is 9.90. The number of benzene rings is 2. The van der Waals surface area contributed by atoms with E-state index in [1.165, 1.54) is 19.2 Å². The van der Waals surface area contributed by atoms with Crippen LogP contribution in [-0.2, 0) is 20.4 Å². The molecule has 1 heterocycles. The van der Waals surface area contributed by atoms with Gasteiger partial charge in [-0.1, -0.05) is 23.7 Å². The highest BCUT2D eigenvalue weighted by molar-refractivity contribution is 6.32. The number of hydrogen-bond donors (Lipinski definition) is 1. The normalized spacial score (nSPS) is 22.2. The number of carbonyl (C=O) groups is 1. The third-order valence-electron chi connectivity index (χ3n) is 4.55. The molecule has 156 valence electrons. The van der Waals surface area contributed by atoms with Crippen molar-refractivity contribution in [3.63, 3.8) is 0 Å². The summed E-state index contributed by atoms with van der Waals surface area (Å²) < 4.78 is 54.9. The topological polar surface area (TPSA) is 56.8 Å². The summed E-state index contributed by atoms with van der Waals surface area (Å²) in [6, 6.07) is 9.55. The van der Waals surface area contributed by atoms with E-state index >= 15 is 0 Å². The van der Waals surface area contributed by atoms with Gasteiger partial charge in [-0.15, -0.1) is 0 Å². The first-order valence-corrected chi connectivity index (χ1v) is 9.05. The highest BCUT2D eigenvalue weighted by atomic mass is 35.5. The van der Waals surface area contributed by atoms with Gasteiger partial charge in [-0.3, -0.25) is 4.79 Å². The molecule has 1 aliphatic heterocycles. The third-order valence-corrected chi connectivity index (χ3v) is 4.85. The molecule has 0 aliphatic carbocycles. The zero-order valence-electron chi connectivity index (χ0n) is 15.7. The number of hydrogen-bond acceptors (Lipinski definition) is 4. The van der Waals surface area contributed by atoms with Crippen LogP contribution in [0.2, 0.25) is 5.02 Å². The summed E-state index contributed by atoms with van der Waals surface area (Å²) in [5, 5.41) is 3.08. The molecule has 1 N–H and O–H groups in total. The number of carbonyl (C=O) groups excluding carboxylic acids is 1. The van der Waals surface area contributed by atoms with Crippen molar-refractivity contribution in [2.24, 2.45) is 5.41 Å². The molecule has 1 saturated heterocycles. The Balaban J connectivity index is 1.66. The SMILES string of the molecule is COc1ccc(NC(=O)C2(C)COC(c3cccc(C(F)(F)F)c3)OC2)cc1Cl. The Morgan fingerprint density at radius 2 is 1.90 bits per heavy atom. The van der Waals surface area contributed by atoms with Crippen LogP contribution in [0.15, 0.2) is 42.5 Å². The molecule has 1 aliphatic rings. The van der Waals surface area contributed by atoms with Gasteiger partial charge in [-0.05, 0) is 37.3 Å². The molecule has 9 heteroatoms. The van der Waals surface area contributed by atoms with E-state index in [4.69, 9.17) is 25.8 Å². The van der Waals surface area contributed by atoms with E-state index in [0.29, 0.717) is 16.5 Å². The van der Waals surface area contributed by atoms with Gasteiger partial charge in [0.05, 0.1) is 36.3 Å². The Morgan fingerprint density at radius 3 is 2.48 bits per heavy atom. The molecule has 2 aromatic carbocycles. The summed E-state index contributed by atoms with van der Waals surface area (Å²) >= 11 is 6.06. The minimum absolute atomic E-state index is 0.0242. The second kappa shape index (κ2) is 8.22. The predicted molar refractivity (Wildman–Crippen MR) is 101 cm³/mol. The van der Waals surface area contributed by atoms with E-state index in [2.05, 4.69) is 5.32 Å². The van der Waals surface area contributed by atoms with Crippen molar-refractivity contribution in [2.75, 3.05) is 25.6 Å². The van der Waals surface area contributed by atoms with Crippen molar-refractivity contribution >= 4 is 23.2 Å². The fourth-order valence-electron chi connectivity index (χ4n) is 2.82. The van der Waals surface area contributed by atoms with Gasteiger partial charge in [-0.2, -0.15) is 13.2 Å². The van der Waals surface area contributed by atoms with E-state index in [0.717, 1.165) is 12.1 Å². The first-order valence-electron chi connectivity index (χ1n) is 8.68. The summed E-state index contributed by atoms with van der Waals surface area (Å²) in [6.45, 7) is 1.60. The molecule has 1 fully saturated rings. The van der Waals surface area contributed by atoms with Gasteiger partial charge >= 0.3 is 6.18 Å². The Bertz CT molecular complexity index is 896. The molecule has 2 aromatic rings. The quantitative estimate of drug-likeness (QED) is 0.738. The second-order valence-electron chi connectivity index (χ2n) is 6.94. The number of nitrogens with one attached hydrogen (secondary N) is 1. The summed E-state index contributed by atoms with van der Waals surface area (Å²) in [5.74, 6) is 0.116. The van der Waals surface area contributed by atoms with Crippen molar-refractivity contribution in [3.05, 3.63) is 58.6 Å². The Labute approximate surface area is 170 Å². The van der Waals surface area contributed by atoms with E-state index in [-0.39, 0.29) is 24.7 Å².